The van der Waals surface area contributed by atoms with Gasteiger partial charge in [0.1, 0.15) is 11.5 Å². The maximum atomic E-state index is 10.8. The summed E-state index contributed by atoms with van der Waals surface area (Å²) in [6.07, 6.45) is 6.15. The average molecular weight is 248 g/mol. The van der Waals surface area contributed by atoms with E-state index in [1.54, 1.807) is 6.92 Å². The highest BCUT2D eigenvalue weighted by Crippen LogP contribution is 2.14. The Morgan fingerprint density at radius 1 is 1.11 bits per heavy atom. The molecule has 18 heavy (non-hydrogen) atoms. The van der Waals surface area contributed by atoms with Crippen molar-refractivity contribution in [3.05, 3.63) is 29.8 Å². The molecular weight excluding hydrogens is 224 g/mol. The van der Waals surface area contributed by atoms with Crippen molar-refractivity contribution in [2.24, 2.45) is 0 Å². The van der Waals surface area contributed by atoms with Gasteiger partial charge < -0.3 is 9.53 Å². The second-order valence-electron chi connectivity index (χ2n) is 4.76. The van der Waals surface area contributed by atoms with Crippen molar-refractivity contribution in [3.8, 4) is 5.75 Å². The predicted octanol–water partition coefficient (Wildman–Crippen LogP) is 4.17. The number of hydrogen-bond donors (Lipinski definition) is 0. The fraction of sp³-hybridized carbons (Fsp3) is 0.562. The van der Waals surface area contributed by atoms with E-state index in [0.29, 0.717) is 13.0 Å². The number of aryl methyl sites for hydroxylation is 1. The molecule has 0 unspecified atom stereocenters. The van der Waals surface area contributed by atoms with Gasteiger partial charge in [0, 0.05) is 6.42 Å². The first kappa shape index (κ1) is 14.7. The smallest absolute Gasteiger partial charge is 0.129 e. The molecule has 0 aliphatic carbocycles. The van der Waals surface area contributed by atoms with Gasteiger partial charge >= 0.3 is 0 Å². The van der Waals surface area contributed by atoms with E-state index >= 15 is 0 Å². The molecule has 0 saturated carbocycles. The topological polar surface area (TPSA) is 26.3 Å². The number of carbonyl (C=O) groups excluding carboxylic acids is 1. The Balaban J connectivity index is 2.20. The van der Waals surface area contributed by atoms with Crippen LogP contribution in [0.4, 0.5) is 0 Å². The van der Waals surface area contributed by atoms with Gasteiger partial charge in [0.05, 0.1) is 6.61 Å². The van der Waals surface area contributed by atoms with E-state index < -0.39 is 0 Å². The van der Waals surface area contributed by atoms with Crippen LogP contribution in [0.15, 0.2) is 24.3 Å². The summed E-state index contributed by atoms with van der Waals surface area (Å²) >= 11 is 0. The number of carbonyl (C=O) groups is 1. The maximum absolute atomic E-state index is 10.8. The van der Waals surface area contributed by atoms with Gasteiger partial charge in [-0.1, -0.05) is 25.5 Å². The van der Waals surface area contributed by atoms with Crippen LogP contribution in [0.1, 0.15) is 51.5 Å². The first-order valence-electron chi connectivity index (χ1n) is 6.93. The van der Waals surface area contributed by atoms with E-state index in [2.05, 4.69) is 19.1 Å². The zero-order valence-electron chi connectivity index (χ0n) is 11.6. The molecule has 1 aromatic carbocycles. The highest BCUT2D eigenvalue weighted by atomic mass is 16.5. The SMILES string of the molecule is CCCCc1ccc(OCCCCC(C)=O)cc1. The first-order chi connectivity index (χ1) is 8.72. The molecule has 0 heterocycles. The lowest BCUT2D eigenvalue weighted by Crippen LogP contribution is -1.99. The van der Waals surface area contributed by atoms with Crippen LogP contribution in [-0.4, -0.2) is 12.4 Å². The monoisotopic (exact) mass is 248 g/mol. The van der Waals surface area contributed by atoms with Gasteiger partial charge in [0.25, 0.3) is 0 Å². The fourth-order valence-electron chi connectivity index (χ4n) is 1.80. The highest BCUT2D eigenvalue weighted by molar-refractivity contribution is 5.75. The summed E-state index contributed by atoms with van der Waals surface area (Å²) in [5.74, 6) is 1.19. The highest BCUT2D eigenvalue weighted by Gasteiger charge is 1.97. The molecule has 1 rings (SSSR count). The van der Waals surface area contributed by atoms with Crippen molar-refractivity contribution in [1.82, 2.24) is 0 Å². The lowest BCUT2D eigenvalue weighted by Gasteiger charge is -2.06. The Labute approximate surface area is 110 Å². The molecule has 0 aromatic heterocycles. The molecule has 2 nitrogen and oxygen atoms in total. The van der Waals surface area contributed by atoms with Gasteiger partial charge in [-0.15, -0.1) is 0 Å². The van der Waals surface area contributed by atoms with Crippen LogP contribution >= 0.6 is 0 Å². The number of ketones is 1. The molecular formula is C16H24O2. The summed E-state index contributed by atoms with van der Waals surface area (Å²) in [6.45, 7) is 4.54. The first-order valence-corrected chi connectivity index (χ1v) is 6.93. The van der Waals surface area contributed by atoms with E-state index in [-0.39, 0.29) is 5.78 Å². The minimum atomic E-state index is 0.260. The van der Waals surface area contributed by atoms with Gasteiger partial charge in [-0.3, -0.25) is 0 Å². The summed E-state index contributed by atoms with van der Waals surface area (Å²) in [5, 5.41) is 0. The third-order valence-corrected chi connectivity index (χ3v) is 2.93. The Bertz CT molecular complexity index is 341. The largest absolute Gasteiger partial charge is 0.494 e. The van der Waals surface area contributed by atoms with E-state index in [4.69, 9.17) is 4.74 Å². The van der Waals surface area contributed by atoms with Crippen LogP contribution in [0, 0.1) is 0 Å². The third-order valence-electron chi connectivity index (χ3n) is 2.93. The number of hydrogen-bond acceptors (Lipinski definition) is 2. The molecule has 0 atom stereocenters. The zero-order chi connectivity index (χ0) is 13.2. The molecule has 0 bridgehead atoms. The number of unbranched alkanes of at least 4 members (excludes halogenated alkanes) is 2. The summed E-state index contributed by atoms with van der Waals surface area (Å²) < 4.78 is 5.64. The minimum Gasteiger partial charge on any atom is -0.494 e. The Morgan fingerprint density at radius 2 is 1.83 bits per heavy atom. The Kier molecular flexibility index (Phi) is 7.16. The number of Topliss-reactive ketones (excluding diaryl/α,β-unsaturated/α-hetero) is 1. The molecule has 0 amide bonds. The minimum absolute atomic E-state index is 0.260. The van der Waals surface area contributed by atoms with Crippen molar-refractivity contribution in [2.45, 2.75) is 52.4 Å². The van der Waals surface area contributed by atoms with Gasteiger partial charge in [0.2, 0.25) is 0 Å². The molecule has 0 spiro atoms. The maximum Gasteiger partial charge on any atom is 0.129 e. The van der Waals surface area contributed by atoms with Crippen LogP contribution in [0.5, 0.6) is 5.75 Å². The Hall–Kier alpha value is -1.31. The van der Waals surface area contributed by atoms with Crippen LogP contribution in [0.2, 0.25) is 0 Å². The van der Waals surface area contributed by atoms with Gasteiger partial charge in [0.15, 0.2) is 0 Å². The molecule has 0 N–H and O–H groups in total. The summed E-state index contributed by atoms with van der Waals surface area (Å²) in [5.41, 5.74) is 1.38. The molecule has 0 aliphatic rings. The summed E-state index contributed by atoms with van der Waals surface area (Å²) in [7, 11) is 0. The summed E-state index contributed by atoms with van der Waals surface area (Å²) in [4.78, 5) is 10.8. The molecule has 100 valence electrons. The van der Waals surface area contributed by atoms with Crippen LogP contribution in [0.25, 0.3) is 0 Å². The van der Waals surface area contributed by atoms with E-state index in [9.17, 15) is 4.79 Å². The average Bonchev–Trinajstić information content (AvgIpc) is 2.37. The van der Waals surface area contributed by atoms with Crippen LogP contribution in [0.3, 0.4) is 0 Å². The van der Waals surface area contributed by atoms with Crippen LogP contribution < -0.4 is 4.74 Å². The summed E-state index contributed by atoms with van der Waals surface area (Å²) in [6, 6.07) is 8.35. The second kappa shape index (κ2) is 8.73. The lowest BCUT2D eigenvalue weighted by atomic mass is 10.1. The molecule has 2 heteroatoms. The standard InChI is InChI=1S/C16H24O2/c1-3-4-8-15-9-11-16(12-10-15)18-13-6-5-7-14(2)17/h9-12H,3-8,13H2,1-2H3. The number of ether oxygens (including phenoxy) is 1. The molecule has 0 saturated heterocycles. The van der Waals surface area contributed by atoms with E-state index in [1.807, 2.05) is 12.1 Å². The van der Waals surface area contributed by atoms with E-state index in [0.717, 1.165) is 25.0 Å². The molecule has 0 fully saturated rings. The molecule has 1 aromatic rings. The molecule has 0 radical (unpaired) electrons. The van der Waals surface area contributed by atoms with E-state index in [1.165, 1.54) is 18.4 Å². The number of benzene rings is 1. The van der Waals surface area contributed by atoms with Gasteiger partial charge in [-0.2, -0.15) is 0 Å². The van der Waals surface area contributed by atoms with Gasteiger partial charge in [-0.25, -0.2) is 0 Å². The lowest BCUT2D eigenvalue weighted by molar-refractivity contribution is -0.117. The quantitative estimate of drug-likeness (QED) is 0.613. The van der Waals surface area contributed by atoms with Crippen molar-refractivity contribution in [2.75, 3.05) is 6.61 Å². The van der Waals surface area contributed by atoms with Crippen molar-refractivity contribution in [1.29, 1.82) is 0 Å². The Morgan fingerprint density at radius 3 is 2.44 bits per heavy atom. The van der Waals surface area contributed by atoms with Crippen LogP contribution in [-0.2, 0) is 11.2 Å². The fourth-order valence-corrected chi connectivity index (χ4v) is 1.80. The molecule has 0 aliphatic heterocycles. The van der Waals surface area contributed by atoms with Crippen molar-refractivity contribution in [3.63, 3.8) is 0 Å². The predicted molar refractivity (Wildman–Crippen MR) is 75.1 cm³/mol. The van der Waals surface area contributed by atoms with Gasteiger partial charge in [-0.05, 0) is 50.3 Å². The zero-order valence-corrected chi connectivity index (χ0v) is 11.6. The third kappa shape index (κ3) is 6.43. The number of rotatable bonds is 9. The van der Waals surface area contributed by atoms with Crippen molar-refractivity contribution >= 4 is 5.78 Å². The van der Waals surface area contributed by atoms with Crippen molar-refractivity contribution < 1.29 is 9.53 Å². The second-order valence-corrected chi connectivity index (χ2v) is 4.76. The normalized spacial score (nSPS) is 10.3.